The maximum atomic E-state index is 13.5. The number of aryl methyl sites for hydroxylation is 1. The summed E-state index contributed by atoms with van der Waals surface area (Å²) in [6.07, 6.45) is 1.04. The molecule has 1 heterocycles. The van der Waals surface area contributed by atoms with Crippen LogP contribution in [0.25, 0.3) is 0 Å². The number of carbonyl (C=O) groups excluding carboxylic acids is 2. The van der Waals surface area contributed by atoms with Crippen molar-refractivity contribution < 1.29 is 23.8 Å². The lowest BCUT2D eigenvalue weighted by atomic mass is 9.93. The van der Waals surface area contributed by atoms with E-state index in [-0.39, 0.29) is 12.6 Å². The van der Waals surface area contributed by atoms with Gasteiger partial charge in [0.1, 0.15) is 18.1 Å². The standard InChI is InChI=1S/C28H27ClN2O5/c1-34-22-12-9-18(10-13-22)11-14-24-25(27(32)36-17-19-5-3-7-21(29)15-19)26(31-28(33)30-24)20-6-4-8-23(16-20)35-2/h3-10,12-13,15-16,26H,11,14,17H2,1-2H3,(H2,30,31,33). The highest BCUT2D eigenvalue weighted by Crippen LogP contribution is 2.31. The first-order chi connectivity index (χ1) is 17.5. The van der Waals surface area contributed by atoms with Crippen molar-refractivity contribution in [1.29, 1.82) is 0 Å². The summed E-state index contributed by atoms with van der Waals surface area (Å²) in [5.74, 6) is 0.850. The molecule has 3 aromatic rings. The third kappa shape index (κ3) is 6.17. The van der Waals surface area contributed by atoms with Gasteiger partial charge in [-0.25, -0.2) is 9.59 Å². The van der Waals surface area contributed by atoms with E-state index in [9.17, 15) is 9.59 Å². The molecule has 8 heteroatoms. The maximum Gasteiger partial charge on any atom is 0.338 e. The van der Waals surface area contributed by atoms with Crippen LogP contribution >= 0.6 is 11.6 Å². The molecule has 186 valence electrons. The zero-order valence-electron chi connectivity index (χ0n) is 20.0. The van der Waals surface area contributed by atoms with Gasteiger partial charge in [-0.1, -0.05) is 48.0 Å². The Kier molecular flexibility index (Phi) is 8.13. The average molecular weight is 507 g/mol. The van der Waals surface area contributed by atoms with Gasteiger partial charge in [0, 0.05) is 10.7 Å². The average Bonchev–Trinajstić information content (AvgIpc) is 2.90. The molecule has 0 aliphatic carbocycles. The summed E-state index contributed by atoms with van der Waals surface area (Å²) in [6, 6.07) is 21.0. The van der Waals surface area contributed by atoms with E-state index in [4.69, 9.17) is 25.8 Å². The Balaban J connectivity index is 1.65. The van der Waals surface area contributed by atoms with Crippen LogP contribution in [0, 0.1) is 0 Å². The predicted octanol–water partition coefficient (Wildman–Crippen LogP) is 5.34. The fraction of sp³-hybridized carbons (Fsp3) is 0.214. The summed E-state index contributed by atoms with van der Waals surface area (Å²) in [7, 11) is 3.18. The molecule has 4 rings (SSSR count). The van der Waals surface area contributed by atoms with E-state index >= 15 is 0 Å². The first-order valence-corrected chi connectivity index (χ1v) is 11.8. The topological polar surface area (TPSA) is 85.9 Å². The third-order valence-corrected chi connectivity index (χ3v) is 6.12. The van der Waals surface area contributed by atoms with E-state index in [2.05, 4.69) is 10.6 Å². The second-order valence-electron chi connectivity index (χ2n) is 8.25. The van der Waals surface area contributed by atoms with Crippen LogP contribution in [0.15, 0.2) is 84.1 Å². The molecule has 7 nitrogen and oxygen atoms in total. The molecule has 0 fully saturated rings. The van der Waals surface area contributed by atoms with E-state index in [0.29, 0.717) is 40.4 Å². The number of allylic oxidation sites excluding steroid dienone is 1. The SMILES string of the molecule is COc1ccc(CCC2=C(C(=O)OCc3cccc(Cl)c3)C(c3cccc(OC)c3)NC(=O)N2)cc1. The smallest absolute Gasteiger partial charge is 0.338 e. The number of methoxy groups -OCH3 is 2. The lowest BCUT2D eigenvalue weighted by molar-refractivity contribution is -0.140. The summed E-state index contributed by atoms with van der Waals surface area (Å²) < 4.78 is 16.3. The Hall–Kier alpha value is -3.97. The summed E-state index contributed by atoms with van der Waals surface area (Å²) in [6.45, 7) is 0.0490. The minimum Gasteiger partial charge on any atom is -0.497 e. The number of hydrogen-bond donors (Lipinski definition) is 2. The number of halogens is 1. The quantitative estimate of drug-likeness (QED) is 0.382. The number of esters is 1. The fourth-order valence-corrected chi connectivity index (χ4v) is 4.26. The molecule has 1 atom stereocenters. The van der Waals surface area contributed by atoms with Gasteiger partial charge in [0.15, 0.2) is 0 Å². The Morgan fingerprint density at radius 1 is 0.889 bits per heavy atom. The zero-order chi connectivity index (χ0) is 25.5. The highest BCUT2D eigenvalue weighted by molar-refractivity contribution is 6.30. The highest BCUT2D eigenvalue weighted by Gasteiger charge is 2.34. The molecule has 0 saturated carbocycles. The van der Waals surface area contributed by atoms with Crippen molar-refractivity contribution in [2.45, 2.75) is 25.5 Å². The van der Waals surface area contributed by atoms with Gasteiger partial charge >= 0.3 is 12.0 Å². The Morgan fingerprint density at radius 2 is 1.64 bits per heavy atom. The molecule has 2 N–H and O–H groups in total. The first kappa shape index (κ1) is 25.1. The summed E-state index contributed by atoms with van der Waals surface area (Å²) in [4.78, 5) is 26.1. The van der Waals surface area contributed by atoms with Crippen LogP contribution in [0.1, 0.15) is 29.2 Å². The number of urea groups is 1. The van der Waals surface area contributed by atoms with Crippen molar-refractivity contribution in [1.82, 2.24) is 10.6 Å². The van der Waals surface area contributed by atoms with E-state index in [1.807, 2.05) is 42.5 Å². The van der Waals surface area contributed by atoms with E-state index < -0.39 is 12.0 Å². The number of rotatable bonds is 9. The normalized spacial score (nSPS) is 15.1. The van der Waals surface area contributed by atoms with E-state index in [1.54, 1.807) is 44.6 Å². The molecule has 1 unspecified atom stereocenters. The minimum absolute atomic E-state index is 0.0490. The van der Waals surface area contributed by atoms with Crippen molar-refractivity contribution in [2.24, 2.45) is 0 Å². The largest absolute Gasteiger partial charge is 0.497 e. The molecule has 0 radical (unpaired) electrons. The monoisotopic (exact) mass is 506 g/mol. The van der Waals surface area contributed by atoms with Gasteiger partial charge < -0.3 is 24.8 Å². The van der Waals surface area contributed by atoms with Gasteiger partial charge in [-0.05, 0) is 65.9 Å². The van der Waals surface area contributed by atoms with Crippen LogP contribution in [-0.4, -0.2) is 26.2 Å². The van der Waals surface area contributed by atoms with Crippen LogP contribution in [0.5, 0.6) is 11.5 Å². The number of amides is 2. The molecule has 0 aromatic heterocycles. The molecule has 0 bridgehead atoms. The Morgan fingerprint density at radius 3 is 2.36 bits per heavy atom. The highest BCUT2D eigenvalue weighted by atomic mass is 35.5. The number of hydrogen-bond acceptors (Lipinski definition) is 5. The molecular weight excluding hydrogens is 480 g/mol. The molecule has 0 saturated heterocycles. The number of carbonyl (C=O) groups is 2. The van der Waals surface area contributed by atoms with Crippen LogP contribution in [0.4, 0.5) is 4.79 Å². The van der Waals surface area contributed by atoms with Crippen molar-refractivity contribution in [3.05, 3.63) is 106 Å². The maximum absolute atomic E-state index is 13.5. The third-order valence-electron chi connectivity index (χ3n) is 5.88. The van der Waals surface area contributed by atoms with Gasteiger partial charge in [0.25, 0.3) is 0 Å². The predicted molar refractivity (Wildman–Crippen MR) is 137 cm³/mol. The van der Waals surface area contributed by atoms with Gasteiger partial charge in [-0.15, -0.1) is 0 Å². The van der Waals surface area contributed by atoms with Crippen LogP contribution < -0.4 is 20.1 Å². The van der Waals surface area contributed by atoms with Crippen molar-refractivity contribution in [3.63, 3.8) is 0 Å². The van der Waals surface area contributed by atoms with Crippen LogP contribution in [-0.2, 0) is 22.6 Å². The second-order valence-corrected chi connectivity index (χ2v) is 8.69. The molecular formula is C28H27ClN2O5. The van der Waals surface area contributed by atoms with Crippen LogP contribution in [0.2, 0.25) is 5.02 Å². The second kappa shape index (κ2) is 11.6. The number of benzene rings is 3. The summed E-state index contributed by atoms with van der Waals surface area (Å²) >= 11 is 6.07. The summed E-state index contributed by atoms with van der Waals surface area (Å²) in [5.41, 5.74) is 3.38. The van der Waals surface area contributed by atoms with Gasteiger partial charge in [0.2, 0.25) is 0 Å². The van der Waals surface area contributed by atoms with Gasteiger partial charge in [-0.2, -0.15) is 0 Å². The fourth-order valence-electron chi connectivity index (χ4n) is 4.04. The zero-order valence-corrected chi connectivity index (χ0v) is 20.8. The van der Waals surface area contributed by atoms with E-state index in [1.165, 1.54) is 0 Å². The van der Waals surface area contributed by atoms with Crippen LogP contribution in [0.3, 0.4) is 0 Å². The lowest BCUT2D eigenvalue weighted by Crippen LogP contribution is -2.46. The molecule has 3 aromatic carbocycles. The van der Waals surface area contributed by atoms with E-state index in [0.717, 1.165) is 16.9 Å². The molecule has 1 aliphatic heterocycles. The minimum atomic E-state index is -0.702. The Bertz CT molecular complexity index is 1270. The van der Waals surface area contributed by atoms with Crippen molar-refractivity contribution in [3.8, 4) is 11.5 Å². The molecule has 36 heavy (non-hydrogen) atoms. The summed E-state index contributed by atoms with van der Waals surface area (Å²) in [5, 5.41) is 6.25. The number of nitrogens with one attached hydrogen (secondary N) is 2. The van der Waals surface area contributed by atoms with Crippen molar-refractivity contribution >= 4 is 23.6 Å². The first-order valence-electron chi connectivity index (χ1n) is 11.5. The number of ether oxygens (including phenoxy) is 3. The van der Waals surface area contributed by atoms with Crippen molar-refractivity contribution in [2.75, 3.05) is 14.2 Å². The van der Waals surface area contributed by atoms with Gasteiger partial charge in [0.05, 0.1) is 25.8 Å². The molecule has 0 spiro atoms. The lowest BCUT2D eigenvalue weighted by Gasteiger charge is -2.29. The van der Waals surface area contributed by atoms with Gasteiger partial charge in [-0.3, -0.25) is 0 Å². The Labute approximate surface area is 215 Å². The molecule has 1 aliphatic rings. The molecule has 2 amide bonds.